The van der Waals surface area contributed by atoms with Crippen molar-refractivity contribution in [1.29, 1.82) is 0 Å². The Bertz CT molecular complexity index is 2110. The van der Waals surface area contributed by atoms with Crippen molar-refractivity contribution in [3.8, 4) is 0 Å². The second-order valence-electron chi connectivity index (χ2n) is 14.0. The third-order valence-corrected chi connectivity index (χ3v) is 9.34. The van der Waals surface area contributed by atoms with Gasteiger partial charge in [-0.1, -0.05) is 132 Å². The van der Waals surface area contributed by atoms with E-state index in [9.17, 15) is 28.8 Å². The minimum Gasteiger partial charge on any atom is -0.478 e. The predicted octanol–water partition coefficient (Wildman–Crippen LogP) is 14.9. The van der Waals surface area contributed by atoms with Gasteiger partial charge in [0.15, 0.2) is 0 Å². The number of nitrogens with zero attached hydrogens (tertiary/aromatic N) is 9. The van der Waals surface area contributed by atoms with Gasteiger partial charge in [-0.05, 0) is 133 Å². The van der Waals surface area contributed by atoms with Gasteiger partial charge in [0.05, 0.1) is 16.7 Å². The van der Waals surface area contributed by atoms with Crippen molar-refractivity contribution >= 4 is 63.9 Å². The van der Waals surface area contributed by atoms with E-state index >= 15 is 0 Å². The maximum absolute atomic E-state index is 11.7. The van der Waals surface area contributed by atoms with Gasteiger partial charge < -0.3 is 35.3 Å². The lowest BCUT2D eigenvalue weighted by molar-refractivity contribution is -0.123. The third-order valence-electron chi connectivity index (χ3n) is 9.34. The lowest BCUT2D eigenvalue weighted by Crippen LogP contribution is -2.36. The van der Waals surface area contributed by atoms with Crippen LogP contribution in [-0.2, 0) is 4.79 Å². The number of hydrogen-bond donors (Lipinski definition) is 4. The highest BCUT2D eigenvalue weighted by atomic mass is 127. The minimum atomic E-state index is -0.990. The zero-order chi connectivity index (χ0) is 67.2. The van der Waals surface area contributed by atoms with Gasteiger partial charge in [-0.3, -0.25) is 39.3 Å². The Labute approximate surface area is 526 Å². The van der Waals surface area contributed by atoms with E-state index in [1.165, 1.54) is 55.2 Å². The maximum atomic E-state index is 11.7. The summed E-state index contributed by atoms with van der Waals surface area (Å²) in [6, 6.07) is 17.8. The average molecular weight is 1300 g/mol. The largest absolute Gasteiger partial charge is 0.478 e. The molecule has 0 unspecified atom stereocenters. The van der Waals surface area contributed by atoms with Crippen molar-refractivity contribution in [2.24, 2.45) is 4.99 Å². The molecule has 4 N–H and O–H groups in total. The number of carboxylic acids is 3. The third kappa shape index (κ3) is 52.0. The summed E-state index contributed by atoms with van der Waals surface area (Å²) >= 11 is 2.15. The van der Waals surface area contributed by atoms with Crippen LogP contribution in [0.25, 0.3) is 0 Å². The van der Waals surface area contributed by atoms with Crippen LogP contribution in [0.1, 0.15) is 203 Å². The highest BCUT2D eigenvalue weighted by Crippen LogP contribution is 2.06. The number of rotatable bonds is 14. The van der Waals surface area contributed by atoms with Crippen LogP contribution in [0, 0.1) is 0 Å². The second kappa shape index (κ2) is 74.7. The van der Waals surface area contributed by atoms with Gasteiger partial charge in [-0.25, -0.2) is 19.4 Å². The summed E-state index contributed by atoms with van der Waals surface area (Å²) in [5, 5.41) is 28.1. The SMILES string of the molecule is CC.CC.CC.CC.CC.CC.CCN(CC)C(=O)C1=NC=CCC1.CCN(CC)C(=O)c1cccnc1.CCN(CC)C(=O)c1ccncc1.CCNCC.CI.O=C(O)c1ccccn1.O=C(O)c1cccnc1.O=C(O)c1ccncc1. The van der Waals surface area contributed by atoms with Crippen molar-refractivity contribution in [3.05, 3.63) is 163 Å². The summed E-state index contributed by atoms with van der Waals surface area (Å²) in [6.07, 6.45) is 19.1. The molecule has 0 bridgehead atoms. The number of aromatic nitrogens is 5. The molecule has 480 valence electrons. The lowest BCUT2D eigenvalue weighted by Gasteiger charge is -2.19. The predicted molar refractivity (Wildman–Crippen MR) is 363 cm³/mol. The standard InChI is InChI=1S/2C10H14N2O.C10H16N2O.3C6H5NO2.C4H11N.6C2H6.CH3I/c1-3-12(4-2)10(13)9-5-7-11-8-6-9;1-3-12(4-2)10(13)9-6-5-7-11-8-9;1-3-12(4-2)10(13)9-7-5-6-8-11-9;8-6(9)5-1-3-7-4-2-5;8-6(9)5-2-1-3-7-4-5;8-6(9)5-3-1-2-4-7-5;1-3-5-4-2;7*1-2/h2*5-8H,3-4H2,1-2H3;6,8H,3-5,7H2,1-2H3;3*1-4H,(H,8,9);5H,3-4H2,1-2H3;6*1-2H3;1H3. The van der Waals surface area contributed by atoms with Gasteiger partial charge in [0.2, 0.25) is 0 Å². The van der Waals surface area contributed by atoms with Crippen LogP contribution in [0.4, 0.5) is 0 Å². The van der Waals surface area contributed by atoms with E-state index in [2.05, 4.69) is 71.7 Å². The van der Waals surface area contributed by atoms with Gasteiger partial charge in [0.25, 0.3) is 17.7 Å². The Morgan fingerprint density at radius 1 is 0.435 bits per heavy atom. The molecule has 0 radical (unpaired) electrons. The summed E-state index contributed by atoms with van der Waals surface area (Å²) in [5.74, 6) is -2.63. The number of carbonyl (C=O) groups excluding carboxylic acids is 3. The summed E-state index contributed by atoms with van der Waals surface area (Å²) in [5.41, 5.74) is 2.64. The number of allylic oxidation sites excluding steroid dienone is 1. The zero-order valence-corrected chi connectivity index (χ0v) is 57.6. The molecular formula is C65H109IN10O9. The normalized spacial score (nSPS) is 9.13. The quantitative estimate of drug-likeness (QED) is 0.0595. The van der Waals surface area contributed by atoms with Crippen molar-refractivity contribution < 1.29 is 44.1 Å². The molecule has 5 aromatic heterocycles. The number of amides is 3. The Hall–Kier alpha value is -7.33. The van der Waals surface area contributed by atoms with Gasteiger partial charge in [-0.2, -0.15) is 0 Å². The fourth-order valence-corrected chi connectivity index (χ4v) is 5.45. The molecule has 1 aliphatic heterocycles. The van der Waals surface area contributed by atoms with E-state index in [4.69, 9.17) is 15.3 Å². The van der Waals surface area contributed by atoms with E-state index < -0.39 is 17.9 Å². The summed E-state index contributed by atoms with van der Waals surface area (Å²) in [6.45, 7) is 46.8. The molecule has 0 atom stereocenters. The fraction of sp³-hybridized carbons (Fsp3) is 0.477. The van der Waals surface area contributed by atoms with E-state index in [-0.39, 0.29) is 34.5 Å². The van der Waals surface area contributed by atoms with Crippen molar-refractivity contribution in [1.82, 2.24) is 44.9 Å². The van der Waals surface area contributed by atoms with Crippen molar-refractivity contribution in [2.45, 2.75) is 151 Å². The fourth-order valence-electron chi connectivity index (χ4n) is 5.45. The van der Waals surface area contributed by atoms with Crippen molar-refractivity contribution in [2.75, 3.05) is 57.3 Å². The summed E-state index contributed by atoms with van der Waals surface area (Å²) in [7, 11) is 0. The minimum absolute atomic E-state index is 0.0538. The number of nitrogens with one attached hydrogen (secondary N) is 1. The molecule has 0 fully saturated rings. The molecule has 0 saturated heterocycles. The zero-order valence-electron chi connectivity index (χ0n) is 55.5. The second-order valence-corrected chi connectivity index (χ2v) is 14.0. The smallest absolute Gasteiger partial charge is 0.354 e. The number of hydrogen-bond acceptors (Lipinski definition) is 13. The van der Waals surface area contributed by atoms with Gasteiger partial charge in [0.1, 0.15) is 11.4 Å². The molecule has 19 nitrogen and oxygen atoms in total. The van der Waals surface area contributed by atoms with Crippen LogP contribution in [0.5, 0.6) is 0 Å². The van der Waals surface area contributed by atoms with Gasteiger partial charge in [-0.15, -0.1) is 0 Å². The number of pyridine rings is 5. The first-order chi connectivity index (χ1) is 41.2. The molecule has 3 amide bonds. The topological polar surface area (TPSA) is 262 Å². The monoisotopic (exact) mass is 1300 g/mol. The van der Waals surface area contributed by atoms with Gasteiger partial charge in [0, 0.05) is 107 Å². The highest BCUT2D eigenvalue weighted by Gasteiger charge is 2.17. The molecule has 0 saturated carbocycles. The Kier molecular flexibility index (Phi) is 82.6. The number of alkyl halides is 1. The molecular weight excluding hydrogens is 1190 g/mol. The van der Waals surface area contributed by atoms with Crippen LogP contribution in [0.2, 0.25) is 0 Å². The number of carbonyl (C=O) groups is 6. The molecule has 20 heteroatoms. The van der Waals surface area contributed by atoms with E-state index in [0.29, 0.717) is 16.8 Å². The first-order valence-electron chi connectivity index (χ1n) is 29.6. The van der Waals surface area contributed by atoms with Gasteiger partial charge >= 0.3 is 17.9 Å². The van der Waals surface area contributed by atoms with Crippen LogP contribution in [0.3, 0.4) is 0 Å². The number of aromatic carboxylic acids is 3. The molecule has 1 aliphatic rings. The van der Waals surface area contributed by atoms with Crippen LogP contribution in [-0.4, -0.2) is 154 Å². The highest BCUT2D eigenvalue weighted by molar-refractivity contribution is 14.1. The Morgan fingerprint density at radius 3 is 1.07 bits per heavy atom. The molecule has 85 heavy (non-hydrogen) atoms. The first kappa shape index (κ1) is 94.1. The molecule has 0 aliphatic carbocycles. The summed E-state index contributed by atoms with van der Waals surface area (Å²) < 4.78 is 0. The van der Waals surface area contributed by atoms with Crippen LogP contribution in [0.15, 0.2) is 140 Å². The first-order valence-corrected chi connectivity index (χ1v) is 31.8. The molecule has 0 spiro atoms. The maximum Gasteiger partial charge on any atom is 0.354 e. The van der Waals surface area contributed by atoms with Crippen molar-refractivity contribution in [3.63, 3.8) is 0 Å². The number of halogens is 1. The lowest BCUT2D eigenvalue weighted by atomic mass is 10.1. The molecule has 6 heterocycles. The molecule has 0 aromatic carbocycles. The van der Waals surface area contributed by atoms with Crippen LogP contribution < -0.4 is 5.32 Å². The summed E-state index contributed by atoms with van der Waals surface area (Å²) in [4.78, 5) is 95.7. The molecule has 5 aromatic rings. The Morgan fingerprint density at radius 2 is 0.812 bits per heavy atom. The Balaban J connectivity index is -0.000000132. The van der Waals surface area contributed by atoms with E-state index in [0.717, 1.165) is 65.2 Å². The molecule has 6 rings (SSSR count). The van der Waals surface area contributed by atoms with E-state index in [1.54, 1.807) is 88.2 Å². The van der Waals surface area contributed by atoms with Crippen LogP contribution >= 0.6 is 22.6 Å². The number of aliphatic imine (C=N–C) groups is 1. The number of carboxylic acid groups (broad SMARTS) is 3. The van der Waals surface area contributed by atoms with E-state index in [1.807, 2.05) is 136 Å². The average Bonchev–Trinajstić information content (AvgIpc) is 3.61.